The molecule has 3 rings (SSSR count). The maximum atomic E-state index is 12.3. The molecule has 0 bridgehead atoms. The van der Waals surface area contributed by atoms with Crippen molar-refractivity contribution in [2.24, 2.45) is 0 Å². The second kappa shape index (κ2) is 10.8. The highest BCUT2D eigenvalue weighted by atomic mass is 35.5. The molecule has 0 spiro atoms. The van der Waals surface area contributed by atoms with Crippen LogP contribution in [-0.4, -0.2) is 25.0 Å². The number of ether oxygens (including phenoxy) is 2. The van der Waals surface area contributed by atoms with Crippen molar-refractivity contribution in [1.29, 1.82) is 0 Å². The lowest BCUT2D eigenvalue weighted by atomic mass is 10.1. The van der Waals surface area contributed by atoms with Crippen molar-refractivity contribution in [3.63, 3.8) is 0 Å². The van der Waals surface area contributed by atoms with Crippen molar-refractivity contribution in [2.75, 3.05) is 13.2 Å². The Morgan fingerprint density at radius 1 is 1.12 bits per heavy atom. The first-order chi connectivity index (χ1) is 15.4. The molecule has 1 heterocycles. The van der Waals surface area contributed by atoms with Crippen LogP contribution in [0.25, 0.3) is 11.0 Å². The van der Waals surface area contributed by atoms with E-state index in [1.807, 2.05) is 0 Å². The van der Waals surface area contributed by atoms with E-state index in [1.165, 1.54) is 6.07 Å². The van der Waals surface area contributed by atoms with Crippen molar-refractivity contribution in [3.05, 3.63) is 74.6 Å². The van der Waals surface area contributed by atoms with E-state index in [2.05, 4.69) is 12.2 Å². The Morgan fingerprint density at radius 2 is 1.88 bits per heavy atom. The molecule has 0 atom stereocenters. The molecule has 0 fully saturated rings. The fraction of sp³-hybridized carbons (Fsp3) is 0.292. The van der Waals surface area contributed by atoms with Gasteiger partial charge >= 0.3 is 11.6 Å². The predicted octanol–water partition coefficient (Wildman–Crippen LogP) is 4.41. The van der Waals surface area contributed by atoms with Crippen LogP contribution in [0.3, 0.4) is 0 Å². The maximum absolute atomic E-state index is 12.3. The number of hydrogen-bond acceptors (Lipinski definition) is 6. The standard InChI is InChI=1S/C24H24ClNO6/c1-3-4-9-30-18-7-5-16(6-8-18)24(29)26-13-23(28)31-14-17-11-22(27)32-21-10-15(2)20(25)12-19(17)21/h5-8,10-12H,3-4,9,13-14H2,1-2H3,(H,26,29). The summed E-state index contributed by atoms with van der Waals surface area (Å²) in [5, 5.41) is 3.61. The summed E-state index contributed by atoms with van der Waals surface area (Å²) in [6.07, 6.45) is 2.00. The molecular weight excluding hydrogens is 434 g/mol. The third kappa shape index (κ3) is 6.11. The number of fused-ring (bicyclic) bond motifs is 1. The van der Waals surface area contributed by atoms with Crippen molar-refractivity contribution in [3.8, 4) is 5.75 Å². The molecule has 0 aliphatic carbocycles. The first-order valence-corrected chi connectivity index (χ1v) is 10.6. The van der Waals surface area contributed by atoms with Gasteiger partial charge in [0.1, 0.15) is 24.5 Å². The average Bonchev–Trinajstić information content (AvgIpc) is 2.77. The minimum atomic E-state index is -0.641. The zero-order chi connectivity index (χ0) is 23.1. The number of aryl methyl sites for hydroxylation is 1. The van der Waals surface area contributed by atoms with Gasteiger partial charge < -0.3 is 19.2 Å². The molecule has 0 saturated heterocycles. The molecule has 1 N–H and O–H groups in total. The second-order valence-electron chi connectivity index (χ2n) is 7.26. The van der Waals surface area contributed by atoms with Crippen LogP contribution in [0.1, 0.15) is 41.3 Å². The van der Waals surface area contributed by atoms with Gasteiger partial charge in [0, 0.05) is 27.6 Å². The smallest absolute Gasteiger partial charge is 0.336 e. The van der Waals surface area contributed by atoms with Crippen LogP contribution in [0.5, 0.6) is 5.75 Å². The summed E-state index contributed by atoms with van der Waals surface area (Å²) in [5.41, 5.74) is 1.44. The fourth-order valence-corrected chi connectivity index (χ4v) is 3.13. The Balaban J connectivity index is 1.55. The lowest BCUT2D eigenvalue weighted by Gasteiger charge is -2.10. The number of esters is 1. The van der Waals surface area contributed by atoms with E-state index in [0.717, 1.165) is 18.4 Å². The van der Waals surface area contributed by atoms with E-state index in [4.69, 9.17) is 25.5 Å². The third-order valence-corrected chi connectivity index (χ3v) is 5.18. The van der Waals surface area contributed by atoms with E-state index >= 15 is 0 Å². The first kappa shape index (κ1) is 23.3. The Kier molecular flexibility index (Phi) is 7.89. The predicted molar refractivity (Wildman–Crippen MR) is 121 cm³/mol. The molecule has 1 aromatic heterocycles. The monoisotopic (exact) mass is 457 g/mol. The van der Waals surface area contributed by atoms with Crippen LogP contribution in [0.15, 0.2) is 51.7 Å². The van der Waals surface area contributed by atoms with Gasteiger partial charge in [-0.3, -0.25) is 9.59 Å². The summed E-state index contributed by atoms with van der Waals surface area (Å²) in [6.45, 7) is 4.03. The molecule has 0 saturated carbocycles. The van der Waals surface area contributed by atoms with Crippen LogP contribution in [0.4, 0.5) is 0 Å². The average molecular weight is 458 g/mol. The summed E-state index contributed by atoms with van der Waals surface area (Å²) < 4.78 is 16.0. The van der Waals surface area contributed by atoms with Crippen LogP contribution >= 0.6 is 11.6 Å². The quantitative estimate of drug-likeness (QED) is 0.290. The molecule has 8 heteroatoms. The highest BCUT2D eigenvalue weighted by molar-refractivity contribution is 6.32. The van der Waals surface area contributed by atoms with Crippen LogP contribution in [0, 0.1) is 6.92 Å². The topological polar surface area (TPSA) is 94.8 Å². The molecule has 0 radical (unpaired) electrons. The number of unbranched alkanes of at least 4 members (excludes halogenated alkanes) is 1. The largest absolute Gasteiger partial charge is 0.494 e. The maximum Gasteiger partial charge on any atom is 0.336 e. The Bertz CT molecular complexity index is 1170. The van der Waals surface area contributed by atoms with Gasteiger partial charge in [-0.2, -0.15) is 0 Å². The second-order valence-corrected chi connectivity index (χ2v) is 7.67. The molecule has 7 nitrogen and oxygen atoms in total. The Labute approximate surface area is 190 Å². The van der Waals surface area contributed by atoms with Gasteiger partial charge in [-0.25, -0.2) is 4.79 Å². The Hall–Kier alpha value is -3.32. The zero-order valence-electron chi connectivity index (χ0n) is 17.9. The highest BCUT2D eigenvalue weighted by Gasteiger charge is 2.13. The fourth-order valence-electron chi connectivity index (χ4n) is 2.97. The molecule has 0 aliphatic rings. The number of carbonyl (C=O) groups excluding carboxylic acids is 2. The Morgan fingerprint density at radius 3 is 2.59 bits per heavy atom. The summed E-state index contributed by atoms with van der Waals surface area (Å²) in [7, 11) is 0. The summed E-state index contributed by atoms with van der Waals surface area (Å²) in [5.74, 6) is -0.364. The van der Waals surface area contributed by atoms with Gasteiger partial charge in [-0.05, 0) is 55.3 Å². The van der Waals surface area contributed by atoms with Crippen molar-refractivity contribution in [1.82, 2.24) is 5.32 Å². The number of nitrogens with one attached hydrogen (secondary N) is 1. The molecular formula is C24H24ClNO6. The van der Waals surface area contributed by atoms with Gasteiger partial charge in [0.25, 0.3) is 5.91 Å². The summed E-state index contributed by atoms with van der Waals surface area (Å²) in [4.78, 5) is 36.2. The van der Waals surface area contributed by atoms with E-state index in [0.29, 0.717) is 39.5 Å². The number of hydrogen-bond donors (Lipinski definition) is 1. The molecule has 0 aliphatic heterocycles. The highest BCUT2D eigenvalue weighted by Crippen LogP contribution is 2.25. The van der Waals surface area contributed by atoms with Gasteiger partial charge in [-0.15, -0.1) is 0 Å². The number of halogens is 1. The van der Waals surface area contributed by atoms with Gasteiger partial charge in [-0.1, -0.05) is 24.9 Å². The van der Waals surface area contributed by atoms with E-state index in [9.17, 15) is 14.4 Å². The summed E-state index contributed by atoms with van der Waals surface area (Å²) >= 11 is 6.16. The minimum absolute atomic E-state index is 0.153. The molecule has 168 valence electrons. The van der Waals surface area contributed by atoms with E-state index in [1.54, 1.807) is 43.3 Å². The molecule has 2 aromatic carbocycles. The number of amides is 1. The minimum Gasteiger partial charge on any atom is -0.494 e. The number of rotatable bonds is 9. The zero-order valence-corrected chi connectivity index (χ0v) is 18.7. The molecule has 1 amide bonds. The molecule has 32 heavy (non-hydrogen) atoms. The van der Waals surface area contributed by atoms with Gasteiger partial charge in [0.15, 0.2) is 0 Å². The molecule has 0 unspecified atom stereocenters. The number of benzene rings is 2. The number of carbonyl (C=O) groups is 2. The lowest BCUT2D eigenvalue weighted by Crippen LogP contribution is -2.30. The van der Waals surface area contributed by atoms with Crippen molar-refractivity contribution >= 4 is 34.4 Å². The third-order valence-electron chi connectivity index (χ3n) is 4.77. The first-order valence-electron chi connectivity index (χ1n) is 10.3. The van der Waals surface area contributed by atoms with Crippen molar-refractivity contribution < 1.29 is 23.5 Å². The molecule has 3 aromatic rings. The van der Waals surface area contributed by atoms with Crippen LogP contribution in [0.2, 0.25) is 5.02 Å². The van der Waals surface area contributed by atoms with E-state index in [-0.39, 0.29) is 13.2 Å². The van der Waals surface area contributed by atoms with Gasteiger partial charge in [0.05, 0.1) is 6.61 Å². The van der Waals surface area contributed by atoms with E-state index < -0.39 is 17.5 Å². The summed E-state index contributed by atoms with van der Waals surface area (Å²) in [6, 6.07) is 11.3. The normalized spacial score (nSPS) is 10.7. The SMILES string of the molecule is CCCCOc1ccc(C(=O)NCC(=O)OCc2cc(=O)oc3cc(C)c(Cl)cc23)cc1. The van der Waals surface area contributed by atoms with Crippen LogP contribution < -0.4 is 15.7 Å². The lowest BCUT2D eigenvalue weighted by molar-refractivity contribution is -0.143. The van der Waals surface area contributed by atoms with Gasteiger partial charge in [0.2, 0.25) is 0 Å². The van der Waals surface area contributed by atoms with Crippen LogP contribution in [-0.2, 0) is 16.1 Å². The van der Waals surface area contributed by atoms with Crippen molar-refractivity contribution in [2.45, 2.75) is 33.3 Å².